The molecule has 3 rings (SSSR count). The lowest BCUT2D eigenvalue weighted by molar-refractivity contribution is -0.141. The van der Waals surface area contributed by atoms with Gasteiger partial charge in [-0.15, -0.1) is 0 Å². The highest BCUT2D eigenvalue weighted by Gasteiger charge is 2.34. The van der Waals surface area contributed by atoms with Crippen LogP contribution in [-0.4, -0.2) is 50.4 Å². The van der Waals surface area contributed by atoms with E-state index in [-0.39, 0.29) is 33.1 Å². The van der Waals surface area contributed by atoms with Crippen molar-refractivity contribution in [1.82, 2.24) is 10.2 Å². The number of benzene rings is 3. The number of sulfonamides is 1. The number of hydrogen-bond acceptors (Lipinski definition) is 5. The number of nitrogens with zero attached hydrogens (tertiary/aromatic N) is 2. The fourth-order valence-electron chi connectivity index (χ4n) is 4.27. The first-order valence-electron chi connectivity index (χ1n) is 13.0. The zero-order valence-electron chi connectivity index (χ0n) is 23.7. The molecule has 1 atom stereocenters. The van der Waals surface area contributed by atoms with Crippen LogP contribution in [0.4, 0.5) is 5.69 Å². The summed E-state index contributed by atoms with van der Waals surface area (Å²) >= 11 is 12.5. The first-order valence-corrected chi connectivity index (χ1v) is 15.2. The molecule has 0 aliphatic carbocycles. The van der Waals surface area contributed by atoms with Crippen molar-refractivity contribution >= 4 is 50.7 Å². The third kappa shape index (κ3) is 8.61. The Morgan fingerprint density at radius 2 is 1.59 bits per heavy atom. The van der Waals surface area contributed by atoms with Crippen molar-refractivity contribution in [2.45, 2.75) is 57.1 Å². The third-order valence-corrected chi connectivity index (χ3v) is 8.34. The zero-order valence-corrected chi connectivity index (χ0v) is 26.1. The van der Waals surface area contributed by atoms with Crippen LogP contribution < -0.4 is 14.4 Å². The molecular formula is C30H35Cl2N3O5S. The molecule has 0 heterocycles. The quantitative estimate of drug-likeness (QED) is 0.287. The van der Waals surface area contributed by atoms with E-state index in [2.05, 4.69) is 5.32 Å². The molecule has 0 aliphatic rings. The normalized spacial score (nSPS) is 12.4. The second-order valence-electron chi connectivity index (χ2n) is 10.5. The van der Waals surface area contributed by atoms with Gasteiger partial charge in [0.15, 0.2) is 0 Å². The average molecular weight is 621 g/mol. The van der Waals surface area contributed by atoms with Crippen LogP contribution in [0.3, 0.4) is 0 Å². The summed E-state index contributed by atoms with van der Waals surface area (Å²) < 4.78 is 34.1. The first kappa shape index (κ1) is 32.2. The predicted octanol–water partition coefficient (Wildman–Crippen LogP) is 5.92. The summed E-state index contributed by atoms with van der Waals surface area (Å²) in [7, 11) is -2.70. The molecule has 0 bridgehead atoms. The Labute approximate surface area is 252 Å². The molecule has 3 aromatic carbocycles. The maximum atomic E-state index is 14.1. The van der Waals surface area contributed by atoms with Crippen molar-refractivity contribution in [2.75, 3.05) is 18.0 Å². The summed E-state index contributed by atoms with van der Waals surface area (Å²) in [6.45, 7) is 6.79. The van der Waals surface area contributed by atoms with Crippen molar-refractivity contribution in [3.63, 3.8) is 0 Å². The topological polar surface area (TPSA) is 96.0 Å². The van der Waals surface area contributed by atoms with Crippen LogP contribution in [0.2, 0.25) is 10.0 Å². The molecule has 0 unspecified atom stereocenters. The van der Waals surface area contributed by atoms with Gasteiger partial charge in [0.2, 0.25) is 11.8 Å². The van der Waals surface area contributed by atoms with Gasteiger partial charge in [-0.25, -0.2) is 8.42 Å². The lowest BCUT2D eigenvalue weighted by atomic mass is 10.1. The highest BCUT2D eigenvalue weighted by Crippen LogP contribution is 2.30. The van der Waals surface area contributed by atoms with Crippen LogP contribution >= 0.6 is 23.2 Å². The predicted molar refractivity (Wildman–Crippen MR) is 163 cm³/mol. The number of amides is 2. The van der Waals surface area contributed by atoms with E-state index >= 15 is 0 Å². The highest BCUT2D eigenvalue weighted by molar-refractivity contribution is 7.92. The van der Waals surface area contributed by atoms with E-state index < -0.39 is 34.1 Å². The largest absolute Gasteiger partial charge is 0.497 e. The van der Waals surface area contributed by atoms with E-state index in [4.69, 9.17) is 27.9 Å². The van der Waals surface area contributed by atoms with Crippen LogP contribution in [0.5, 0.6) is 5.75 Å². The number of nitrogens with one attached hydrogen (secondary N) is 1. The number of methoxy groups -OCH3 is 1. The maximum Gasteiger partial charge on any atom is 0.264 e. The van der Waals surface area contributed by atoms with E-state index in [9.17, 15) is 18.0 Å². The maximum absolute atomic E-state index is 14.1. The van der Waals surface area contributed by atoms with Crippen molar-refractivity contribution in [2.24, 2.45) is 0 Å². The molecule has 41 heavy (non-hydrogen) atoms. The number of rotatable bonds is 11. The van der Waals surface area contributed by atoms with Crippen LogP contribution in [0, 0.1) is 0 Å². The minimum Gasteiger partial charge on any atom is -0.497 e. The Bertz CT molecular complexity index is 1460. The van der Waals surface area contributed by atoms with Crippen molar-refractivity contribution in [3.8, 4) is 5.75 Å². The lowest BCUT2D eigenvalue weighted by Gasteiger charge is -2.35. The Balaban J connectivity index is 2.10. The second-order valence-corrected chi connectivity index (χ2v) is 13.2. The van der Waals surface area contributed by atoms with Gasteiger partial charge in [-0.3, -0.25) is 13.9 Å². The number of anilines is 1. The number of carbonyl (C=O) groups excluding carboxylic acids is 2. The van der Waals surface area contributed by atoms with Gasteiger partial charge in [-0.2, -0.15) is 0 Å². The Hall–Kier alpha value is -3.27. The summed E-state index contributed by atoms with van der Waals surface area (Å²) in [5, 5.41) is 3.36. The van der Waals surface area contributed by atoms with Gasteiger partial charge in [-0.05, 0) is 75.2 Å². The zero-order chi connectivity index (χ0) is 30.4. The van der Waals surface area contributed by atoms with E-state index in [1.165, 1.54) is 42.3 Å². The molecule has 0 aliphatic heterocycles. The molecule has 0 radical (unpaired) electrons. The molecule has 0 saturated heterocycles. The van der Waals surface area contributed by atoms with Gasteiger partial charge in [0.05, 0.1) is 17.7 Å². The van der Waals surface area contributed by atoms with Crippen molar-refractivity contribution in [3.05, 3.63) is 88.4 Å². The van der Waals surface area contributed by atoms with Crippen LogP contribution in [0.1, 0.15) is 39.7 Å². The summed E-state index contributed by atoms with van der Waals surface area (Å²) in [5.74, 6) is -0.345. The first-order chi connectivity index (χ1) is 19.2. The van der Waals surface area contributed by atoms with E-state index in [0.29, 0.717) is 17.7 Å². The molecule has 0 saturated carbocycles. The minimum absolute atomic E-state index is 0.0132. The number of halogens is 2. The number of ether oxygens (including phenoxy) is 1. The van der Waals surface area contributed by atoms with Crippen LogP contribution in [0.25, 0.3) is 0 Å². The highest BCUT2D eigenvalue weighted by atomic mass is 35.5. The van der Waals surface area contributed by atoms with Gasteiger partial charge in [0.1, 0.15) is 18.3 Å². The molecule has 8 nitrogen and oxygen atoms in total. The third-order valence-electron chi connectivity index (χ3n) is 6.12. The van der Waals surface area contributed by atoms with Crippen molar-refractivity contribution in [1.29, 1.82) is 0 Å². The number of hydrogen-bond donors (Lipinski definition) is 1. The molecule has 220 valence electrons. The monoisotopic (exact) mass is 619 g/mol. The molecule has 2 amide bonds. The summed E-state index contributed by atoms with van der Waals surface area (Å²) in [6.07, 6.45) is 0.298. The van der Waals surface area contributed by atoms with Gasteiger partial charge in [-0.1, -0.05) is 60.5 Å². The van der Waals surface area contributed by atoms with Crippen LogP contribution in [-0.2, 0) is 26.2 Å². The molecule has 0 spiro atoms. The second kappa shape index (κ2) is 13.6. The average Bonchev–Trinajstić information content (AvgIpc) is 2.90. The molecule has 3 aromatic rings. The fraction of sp³-hybridized carbons (Fsp3) is 0.333. The Morgan fingerprint density at radius 3 is 2.15 bits per heavy atom. The minimum atomic E-state index is -4.23. The van der Waals surface area contributed by atoms with Crippen molar-refractivity contribution < 1.29 is 22.7 Å². The van der Waals surface area contributed by atoms with Gasteiger partial charge < -0.3 is 15.0 Å². The molecule has 11 heteroatoms. The number of carbonyl (C=O) groups is 2. The van der Waals surface area contributed by atoms with Gasteiger partial charge in [0.25, 0.3) is 10.0 Å². The summed E-state index contributed by atoms with van der Waals surface area (Å²) in [6, 6.07) is 18.4. The lowest BCUT2D eigenvalue weighted by Crippen LogP contribution is -2.55. The fourth-order valence-corrected chi connectivity index (χ4v) is 6.21. The molecular weight excluding hydrogens is 585 g/mol. The summed E-state index contributed by atoms with van der Waals surface area (Å²) in [5.41, 5.74) is 0.284. The molecule has 0 fully saturated rings. The SMILES string of the molecule is CC[C@H](C(=O)NC(C)(C)C)N(Cc1cccc(OC)c1)C(=O)CN(c1cc(Cl)cc(Cl)c1)S(=O)(=O)c1ccccc1. The molecule has 0 aromatic heterocycles. The molecule has 1 N–H and O–H groups in total. The standard InChI is InChI=1S/C30H35Cl2N3O5S/c1-6-27(29(37)33-30(2,3)4)34(19-21-11-10-12-25(15-21)40-5)28(36)20-35(24-17-22(31)16-23(32)18-24)41(38,39)26-13-8-7-9-14-26/h7-18,27H,6,19-20H2,1-5H3,(H,33,37)/t27-/m1/s1. The Kier molecular flexibility index (Phi) is 10.7. The summed E-state index contributed by atoms with van der Waals surface area (Å²) in [4.78, 5) is 28.9. The van der Waals surface area contributed by atoms with E-state index in [1.54, 1.807) is 43.3 Å². The Morgan fingerprint density at radius 1 is 0.951 bits per heavy atom. The van der Waals surface area contributed by atoms with Gasteiger partial charge >= 0.3 is 0 Å². The van der Waals surface area contributed by atoms with Gasteiger partial charge in [0, 0.05) is 22.1 Å². The van der Waals surface area contributed by atoms with E-state index in [1.807, 2.05) is 26.8 Å². The van der Waals surface area contributed by atoms with E-state index in [0.717, 1.165) is 4.31 Å². The van der Waals surface area contributed by atoms with Crippen LogP contribution in [0.15, 0.2) is 77.7 Å². The smallest absolute Gasteiger partial charge is 0.264 e.